The Morgan fingerprint density at radius 3 is 2.13 bits per heavy atom. The van der Waals surface area contributed by atoms with Crippen LogP contribution in [0.4, 0.5) is 14.5 Å². The van der Waals surface area contributed by atoms with Gasteiger partial charge in [0.15, 0.2) is 11.6 Å². The first-order valence-electron chi connectivity index (χ1n) is 9.44. The number of nitrogens with zero attached hydrogens (tertiary/aromatic N) is 5. The minimum absolute atomic E-state index is 0.0694. The fraction of sp³-hybridized carbons (Fsp3) is 0.0870. The largest absolute Gasteiger partial charge is 0.293 e. The lowest BCUT2D eigenvalue weighted by Gasteiger charge is -2.11. The molecule has 0 aliphatic rings. The van der Waals surface area contributed by atoms with Crippen molar-refractivity contribution in [3.05, 3.63) is 102 Å². The van der Waals surface area contributed by atoms with E-state index in [1.807, 2.05) is 60.7 Å². The maximum atomic E-state index is 13.9. The Kier molecular flexibility index (Phi) is 5.70. The third-order valence-electron chi connectivity index (χ3n) is 4.56. The normalized spacial score (nSPS) is 10.8. The molecule has 0 fully saturated rings. The first-order valence-corrected chi connectivity index (χ1v) is 9.44. The highest BCUT2D eigenvalue weighted by atomic mass is 19.3. The number of ketones is 1. The Morgan fingerprint density at radius 1 is 0.968 bits per heavy atom. The third-order valence-corrected chi connectivity index (χ3v) is 4.56. The van der Waals surface area contributed by atoms with Crippen LogP contribution >= 0.6 is 0 Å². The van der Waals surface area contributed by atoms with Crippen molar-refractivity contribution < 1.29 is 13.6 Å². The third kappa shape index (κ3) is 4.28. The van der Waals surface area contributed by atoms with Crippen LogP contribution in [0.2, 0.25) is 0 Å². The minimum Gasteiger partial charge on any atom is -0.293 e. The number of hydrogen-bond acceptors (Lipinski definition) is 5. The maximum Gasteiger partial charge on any atom is 0.267 e. The van der Waals surface area contributed by atoms with Crippen LogP contribution in [0.1, 0.15) is 40.5 Å². The number of carbonyl (C=O) groups excluding carboxylic acids is 1. The summed E-state index contributed by atoms with van der Waals surface area (Å²) >= 11 is 0. The van der Waals surface area contributed by atoms with Gasteiger partial charge in [0, 0.05) is 18.1 Å². The number of rotatable bonds is 6. The van der Waals surface area contributed by atoms with Crippen molar-refractivity contribution in [3.8, 4) is 5.82 Å². The zero-order chi connectivity index (χ0) is 21.8. The van der Waals surface area contributed by atoms with E-state index in [1.54, 1.807) is 0 Å². The van der Waals surface area contributed by atoms with Gasteiger partial charge in [0.05, 0.1) is 29.4 Å². The van der Waals surface area contributed by atoms with E-state index in [1.165, 1.54) is 25.4 Å². The number of hydrogen-bond donors (Lipinski definition) is 0. The van der Waals surface area contributed by atoms with Crippen LogP contribution in [-0.2, 0) is 0 Å². The summed E-state index contributed by atoms with van der Waals surface area (Å²) in [5.74, 6) is -0.512. The molecular formula is C23H17F2N5O. The van der Waals surface area contributed by atoms with Crippen molar-refractivity contribution in [1.29, 1.82) is 0 Å². The van der Waals surface area contributed by atoms with Gasteiger partial charge in [-0.15, -0.1) is 5.10 Å². The average molecular weight is 417 g/mol. The fourth-order valence-electron chi connectivity index (χ4n) is 3.11. The summed E-state index contributed by atoms with van der Waals surface area (Å²) in [4.78, 5) is 20.5. The molecule has 2 aromatic heterocycles. The first kappa shape index (κ1) is 20.2. The van der Waals surface area contributed by atoms with Gasteiger partial charge >= 0.3 is 0 Å². The molecule has 0 saturated heterocycles. The molecule has 6 nitrogen and oxygen atoms in total. The van der Waals surface area contributed by atoms with Crippen LogP contribution in [0.5, 0.6) is 0 Å². The second kappa shape index (κ2) is 8.74. The summed E-state index contributed by atoms with van der Waals surface area (Å²) in [7, 11) is 0. The Bertz CT molecular complexity index is 1200. The Hall–Kier alpha value is -4.07. The standard InChI is InChI=1S/C23H17F2N5O/c1-15(31)20-14-27-29-30(20)23-19(22(24)25)12-18(13-26-23)28-21(16-8-4-2-5-9-16)17-10-6-3-7-11-17/h2-14,22H,1H3. The van der Waals surface area contributed by atoms with Crippen LogP contribution in [0.3, 0.4) is 0 Å². The van der Waals surface area contributed by atoms with Crippen LogP contribution < -0.4 is 0 Å². The zero-order valence-electron chi connectivity index (χ0n) is 16.5. The van der Waals surface area contributed by atoms with E-state index < -0.39 is 12.0 Å². The lowest BCUT2D eigenvalue weighted by Crippen LogP contribution is -2.11. The van der Waals surface area contributed by atoms with Gasteiger partial charge in [-0.3, -0.25) is 4.79 Å². The molecule has 0 unspecified atom stereocenters. The first-order chi connectivity index (χ1) is 15.0. The lowest BCUT2D eigenvalue weighted by molar-refractivity contribution is 0.100. The number of aliphatic imine (C=N–C) groups is 1. The predicted molar refractivity (Wildman–Crippen MR) is 112 cm³/mol. The second-order valence-electron chi connectivity index (χ2n) is 6.69. The molecule has 4 rings (SSSR count). The van der Waals surface area contributed by atoms with E-state index in [4.69, 9.17) is 0 Å². The molecular weight excluding hydrogens is 400 g/mol. The smallest absolute Gasteiger partial charge is 0.267 e. The molecule has 0 N–H and O–H groups in total. The van der Waals surface area contributed by atoms with Gasteiger partial charge in [-0.05, 0) is 6.07 Å². The summed E-state index contributed by atoms with van der Waals surface area (Å²) in [6, 6.07) is 20.2. The number of pyridine rings is 1. The lowest BCUT2D eigenvalue weighted by atomic mass is 10.0. The van der Waals surface area contributed by atoms with E-state index in [0.717, 1.165) is 15.8 Å². The molecule has 2 heterocycles. The monoisotopic (exact) mass is 417 g/mol. The summed E-state index contributed by atoms with van der Waals surface area (Å²) in [6.07, 6.45) is -0.258. The Balaban J connectivity index is 1.85. The van der Waals surface area contributed by atoms with Crippen LogP contribution in [0.25, 0.3) is 5.82 Å². The topological polar surface area (TPSA) is 73.0 Å². The average Bonchev–Trinajstić information content (AvgIpc) is 3.29. The number of carbonyl (C=O) groups is 1. The summed E-state index contributed by atoms with van der Waals surface area (Å²) in [6.45, 7) is 1.31. The highest BCUT2D eigenvalue weighted by molar-refractivity contribution is 6.13. The highest BCUT2D eigenvalue weighted by Gasteiger charge is 2.21. The summed E-state index contributed by atoms with van der Waals surface area (Å²) in [5.41, 5.74) is 2.24. The van der Waals surface area contributed by atoms with E-state index in [0.29, 0.717) is 5.71 Å². The van der Waals surface area contributed by atoms with Gasteiger partial charge < -0.3 is 0 Å². The summed E-state index contributed by atoms with van der Waals surface area (Å²) < 4.78 is 28.8. The van der Waals surface area contributed by atoms with Crippen LogP contribution in [-0.4, -0.2) is 31.5 Å². The van der Waals surface area contributed by atoms with E-state index in [2.05, 4.69) is 20.3 Å². The van der Waals surface area contributed by atoms with Crippen molar-refractivity contribution >= 4 is 17.2 Å². The van der Waals surface area contributed by atoms with E-state index >= 15 is 0 Å². The van der Waals surface area contributed by atoms with Gasteiger partial charge in [-0.1, -0.05) is 65.9 Å². The molecule has 31 heavy (non-hydrogen) atoms. The van der Waals surface area contributed by atoms with Crippen molar-refractivity contribution in [2.45, 2.75) is 13.3 Å². The van der Waals surface area contributed by atoms with Crippen LogP contribution in [0.15, 0.2) is 84.1 Å². The van der Waals surface area contributed by atoms with E-state index in [9.17, 15) is 13.6 Å². The molecule has 0 spiro atoms. The summed E-state index contributed by atoms with van der Waals surface area (Å²) in [5, 5.41) is 7.40. The number of alkyl halides is 2. The molecule has 0 amide bonds. The minimum atomic E-state index is -2.85. The molecule has 0 radical (unpaired) electrons. The molecule has 0 saturated carbocycles. The molecule has 154 valence electrons. The van der Waals surface area contributed by atoms with Gasteiger partial charge in [-0.2, -0.15) is 4.68 Å². The van der Waals surface area contributed by atoms with Crippen molar-refractivity contribution in [3.63, 3.8) is 0 Å². The van der Waals surface area contributed by atoms with Gasteiger partial charge in [0.1, 0.15) is 5.69 Å². The molecule has 2 aromatic carbocycles. The van der Waals surface area contributed by atoms with Gasteiger partial charge in [0.25, 0.3) is 6.43 Å². The predicted octanol–water partition coefficient (Wildman–Crippen LogP) is 4.97. The molecule has 8 heteroatoms. The van der Waals surface area contributed by atoms with Crippen LogP contribution in [0, 0.1) is 0 Å². The molecule has 0 aliphatic heterocycles. The maximum absolute atomic E-state index is 13.9. The number of benzene rings is 2. The number of halogens is 2. The fourth-order valence-corrected chi connectivity index (χ4v) is 3.11. The van der Waals surface area contributed by atoms with Crippen molar-refractivity contribution in [1.82, 2.24) is 20.0 Å². The zero-order valence-corrected chi connectivity index (χ0v) is 16.5. The van der Waals surface area contributed by atoms with Crippen molar-refractivity contribution in [2.75, 3.05) is 0 Å². The van der Waals surface area contributed by atoms with E-state index in [-0.39, 0.29) is 23.0 Å². The quantitative estimate of drug-likeness (QED) is 0.328. The van der Waals surface area contributed by atoms with Gasteiger partial charge in [0.2, 0.25) is 0 Å². The highest BCUT2D eigenvalue weighted by Crippen LogP contribution is 2.29. The molecule has 0 atom stereocenters. The SMILES string of the molecule is CC(=O)c1cnnn1-c1ncc(N=C(c2ccccc2)c2ccccc2)cc1C(F)F. The Morgan fingerprint density at radius 2 is 1.58 bits per heavy atom. The molecule has 0 bridgehead atoms. The number of Topliss-reactive ketones (excluding diaryl/α,β-unsaturated/α-hetero) is 1. The Labute approximate surface area is 176 Å². The van der Waals surface area contributed by atoms with Crippen molar-refractivity contribution in [2.24, 2.45) is 4.99 Å². The molecule has 4 aromatic rings. The second-order valence-corrected chi connectivity index (χ2v) is 6.69. The van der Waals surface area contributed by atoms with Gasteiger partial charge in [-0.25, -0.2) is 18.8 Å². The molecule has 0 aliphatic carbocycles. The number of aromatic nitrogens is 4.